The molecule has 0 amide bonds. The zero-order chi connectivity index (χ0) is 14.4. The van der Waals surface area contributed by atoms with Crippen LogP contribution in [-0.4, -0.2) is 0 Å². The molecule has 0 N–H and O–H groups in total. The molecule has 0 heteroatoms. The summed E-state index contributed by atoms with van der Waals surface area (Å²) < 4.78 is 0. The molecule has 2 aromatic carbocycles. The summed E-state index contributed by atoms with van der Waals surface area (Å²) in [5.74, 6) is 0. The van der Waals surface area contributed by atoms with Crippen molar-refractivity contribution < 1.29 is 0 Å². The van der Waals surface area contributed by atoms with Crippen molar-refractivity contribution in [1.82, 2.24) is 0 Å². The van der Waals surface area contributed by atoms with Crippen molar-refractivity contribution in [2.24, 2.45) is 0 Å². The highest BCUT2D eigenvalue weighted by molar-refractivity contribution is 5.67. The molecular formula is C20H22. The van der Waals surface area contributed by atoms with Gasteiger partial charge in [0.2, 0.25) is 0 Å². The first kappa shape index (κ1) is 14.3. The number of benzene rings is 2. The fraction of sp³-hybridized carbons (Fsp3) is 0.200. The molecule has 2 aromatic rings. The lowest BCUT2D eigenvalue weighted by Gasteiger charge is -2.09. The number of hydrogen-bond donors (Lipinski definition) is 0. The van der Waals surface area contributed by atoms with E-state index in [4.69, 9.17) is 0 Å². The summed E-state index contributed by atoms with van der Waals surface area (Å²) >= 11 is 0. The van der Waals surface area contributed by atoms with E-state index in [-0.39, 0.29) is 0 Å². The Balaban J connectivity index is 2.29. The highest BCUT2D eigenvalue weighted by Gasteiger charge is 2.03. The van der Waals surface area contributed by atoms with E-state index >= 15 is 0 Å². The van der Waals surface area contributed by atoms with Gasteiger partial charge in [0.15, 0.2) is 0 Å². The van der Waals surface area contributed by atoms with Gasteiger partial charge in [-0.15, -0.1) is 0 Å². The van der Waals surface area contributed by atoms with Crippen LogP contribution < -0.4 is 0 Å². The topological polar surface area (TPSA) is 0 Å². The van der Waals surface area contributed by atoms with E-state index < -0.39 is 0 Å². The predicted octanol–water partition coefficient (Wildman–Crippen LogP) is 5.59. The second-order valence-electron chi connectivity index (χ2n) is 5.26. The van der Waals surface area contributed by atoms with Gasteiger partial charge in [-0.05, 0) is 48.9 Å². The van der Waals surface area contributed by atoms with Gasteiger partial charge in [-0.2, -0.15) is 0 Å². The van der Waals surface area contributed by atoms with Crippen LogP contribution in [0.25, 0.3) is 11.1 Å². The van der Waals surface area contributed by atoms with Gasteiger partial charge in [-0.3, -0.25) is 0 Å². The maximum atomic E-state index is 3.97. The van der Waals surface area contributed by atoms with Crippen LogP contribution in [0.4, 0.5) is 0 Å². The van der Waals surface area contributed by atoms with E-state index in [1.807, 2.05) is 0 Å². The van der Waals surface area contributed by atoms with Crippen molar-refractivity contribution in [3.05, 3.63) is 84.0 Å². The van der Waals surface area contributed by atoms with Gasteiger partial charge in [-0.1, -0.05) is 72.8 Å². The molecule has 0 spiro atoms. The van der Waals surface area contributed by atoms with Crippen LogP contribution in [0.15, 0.2) is 72.8 Å². The van der Waals surface area contributed by atoms with Crippen LogP contribution >= 0.6 is 0 Å². The SMILES string of the molecule is C=C(C)Cc1ccc(-c2ccccc2C/C=C/C)cc1. The highest BCUT2D eigenvalue weighted by atomic mass is 14.1. The monoisotopic (exact) mass is 262 g/mol. The summed E-state index contributed by atoms with van der Waals surface area (Å²) in [6, 6.07) is 17.5. The van der Waals surface area contributed by atoms with Gasteiger partial charge in [0.05, 0.1) is 0 Å². The van der Waals surface area contributed by atoms with Gasteiger partial charge in [0.1, 0.15) is 0 Å². The highest BCUT2D eigenvalue weighted by Crippen LogP contribution is 2.25. The molecule has 0 saturated carbocycles. The molecule has 0 aliphatic carbocycles. The fourth-order valence-corrected chi connectivity index (χ4v) is 2.38. The quantitative estimate of drug-likeness (QED) is 0.616. The van der Waals surface area contributed by atoms with Crippen LogP contribution in [0.5, 0.6) is 0 Å². The Bertz CT molecular complexity index is 600. The second kappa shape index (κ2) is 6.91. The molecule has 0 atom stereocenters. The first-order valence-corrected chi connectivity index (χ1v) is 7.13. The van der Waals surface area contributed by atoms with Gasteiger partial charge in [-0.25, -0.2) is 0 Å². The Morgan fingerprint density at radius 3 is 2.40 bits per heavy atom. The fourth-order valence-electron chi connectivity index (χ4n) is 2.38. The van der Waals surface area contributed by atoms with Gasteiger partial charge >= 0.3 is 0 Å². The van der Waals surface area contributed by atoms with E-state index in [1.165, 1.54) is 27.8 Å². The molecule has 0 radical (unpaired) electrons. The molecular weight excluding hydrogens is 240 g/mol. The molecule has 0 fully saturated rings. The molecule has 0 heterocycles. The third-order valence-electron chi connectivity index (χ3n) is 3.36. The lowest BCUT2D eigenvalue weighted by Crippen LogP contribution is -1.89. The van der Waals surface area contributed by atoms with Gasteiger partial charge < -0.3 is 0 Å². The Hall–Kier alpha value is -2.08. The lowest BCUT2D eigenvalue weighted by molar-refractivity contribution is 1.15. The van der Waals surface area contributed by atoms with E-state index in [9.17, 15) is 0 Å². The summed E-state index contributed by atoms with van der Waals surface area (Å²) in [6.07, 6.45) is 6.25. The Kier molecular flexibility index (Phi) is 4.95. The van der Waals surface area contributed by atoms with E-state index in [1.54, 1.807) is 0 Å². The van der Waals surface area contributed by atoms with Crippen molar-refractivity contribution in [3.8, 4) is 11.1 Å². The van der Waals surface area contributed by atoms with Crippen molar-refractivity contribution in [2.75, 3.05) is 0 Å². The van der Waals surface area contributed by atoms with Crippen LogP contribution in [-0.2, 0) is 12.8 Å². The summed E-state index contributed by atoms with van der Waals surface area (Å²) in [7, 11) is 0. The lowest BCUT2D eigenvalue weighted by atomic mass is 9.96. The number of rotatable bonds is 5. The summed E-state index contributed by atoms with van der Waals surface area (Å²) in [5.41, 5.74) is 6.51. The molecule has 0 aliphatic heterocycles. The molecule has 0 bridgehead atoms. The third-order valence-corrected chi connectivity index (χ3v) is 3.36. The minimum atomic E-state index is 0.959. The zero-order valence-corrected chi connectivity index (χ0v) is 12.4. The second-order valence-corrected chi connectivity index (χ2v) is 5.26. The van der Waals surface area contributed by atoms with Crippen LogP contribution in [0.2, 0.25) is 0 Å². The summed E-state index contributed by atoms with van der Waals surface area (Å²) in [4.78, 5) is 0. The Morgan fingerprint density at radius 1 is 1.05 bits per heavy atom. The van der Waals surface area contributed by atoms with E-state index in [2.05, 4.69) is 81.1 Å². The molecule has 20 heavy (non-hydrogen) atoms. The van der Waals surface area contributed by atoms with E-state index in [0.29, 0.717) is 0 Å². The predicted molar refractivity (Wildman–Crippen MR) is 88.9 cm³/mol. The number of hydrogen-bond acceptors (Lipinski definition) is 0. The molecule has 0 aliphatic rings. The average Bonchev–Trinajstić information content (AvgIpc) is 2.46. The smallest absolute Gasteiger partial charge is 0.00726 e. The maximum absolute atomic E-state index is 3.97. The van der Waals surface area contributed by atoms with Gasteiger partial charge in [0, 0.05) is 0 Å². The Labute approximate surface area is 122 Å². The normalized spacial score (nSPS) is 10.9. The summed E-state index contributed by atoms with van der Waals surface area (Å²) in [5, 5.41) is 0. The molecule has 0 nitrogen and oxygen atoms in total. The number of allylic oxidation sites excluding steroid dienone is 3. The van der Waals surface area contributed by atoms with Crippen molar-refractivity contribution in [2.45, 2.75) is 26.7 Å². The van der Waals surface area contributed by atoms with Crippen molar-refractivity contribution in [1.29, 1.82) is 0 Å². The minimum absolute atomic E-state index is 0.959. The van der Waals surface area contributed by atoms with Gasteiger partial charge in [0.25, 0.3) is 0 Å². The Morgan fingerprint density at radius 2 is 1.75 bits per heavy atom. The zero-order valence-electron chi connectivity index (χ0n) is 12.4. The first-order chi connectivity index (χ1) is 9.70. The molecule has 0 aromatic heterocycles. The van der Waals surface area contributed by atoms with Crippen LogP contribution in [0.1, 0.15) is 25.0 Å². The van der Waals surface area contributed by atoms with Crippen molar-refractivity contribution >= 4 is 0 Å². The standard InChI is InChI=1S/C20H22/c1-4-5-8-18-9-6-7-10-20(18)19-13-11-17(12-14-19)15-16(2)3/h4-7,9-14H,2,8,15H2,1,3H3/b5-4+. The summed E-state index contributed by atoms with van der Waals surface area (Å²) in [6.45, 7) is 8.11. The first-order valence-electron chi connectivity index (χ1n) is 7.13. The molecule has 0 saturated heterocycles. The maximum Gasteiger partial charge on any atom is -0.00726 e. The third kappa shape index (κ3) is 3.71. The molecule has 0 unspecified atom stereocenters. The average molecular weight is 262 g/mol. The van der Waals surface area contributed by atoms with Crippen LogP contribution in [0.3, 0.4) is 0 Å². The van der Waals surface area contributed by atoms with Crippen LogP contribution in [0, 0.1) is 0 Å². The minimum Gasteiger partial charge on any atom is -0.0998 e. The molecule has 2 rings (SSSR count). The largest absolute Gasteiger partial charge is 0.0998 e. The van der Waals surface area contributed by atoms with Crippen molar-refractivity contribution in [3.63, 3.8) is 0 Å². The molecule has 102 valence electrons. The van der Waals surface area contributed by atoms with E-state index in [0.717, 1.165) is 12.8 Å².